The van der Waals surface area contributed by atoms with Gasteiger partial charge < -0.3 is 17.8 Å². The Labute approximate surface area is 399 Å². The summed E-state index contributed by atoms with van der Waals surface area (Å²) < 4.78 is 22.0. The fourth-order valence-corrected chi connectivity index (χ4v) is 10.7. The third-order valence-electron chi connectivity index (χ3n) is 13.9. The third kappa shape index (κ3) is 5.85. The summed E-state index contributed by atoms with van der Waals surface area (Å²) in [6.07, 6.45) is 0. The highest BCUT2D eigenvalue weighted by atomic mass is 16.3. The highest BCUT2D eigenvalue weighted by Crippen LogP contribution is 2.43. The third-order valence-corrected chi connectivity index (χ3v) is 13.9. The molecule has 326 valence electrons. The summed E-state index contributed by atoms with van der Waals surface area (Å²) in [5.74, 6) is 1.52. The second kappa shape index (κ2) is 15.0. The van der Waals surface area contributed by atoms with E-state index in [1.807, 2.05) is 72.8 Å². The van der Waals surface area contributed by atoms with Crippen LogP contribution < -0.4 is 0 Å². The summed E-state index contributed by atoms with van der Waals surface area (Å²) in [5, 5.41) is 8.18. The van der Waals surface area contributed by atoms with Crippen LogP contribution >= 0.6 is 0 Å². The zero-order chi connectivity index (χ0) is 45.9. The van der Waals surface area contributed by atoms with E-state index in [0.29, 0.717) is 23.1 Å². The molecule has 0 aliphatic heterocycles. The van der Waals surface area contributed by atoms with E-state index in [9.17, 15) is 0 Å². The molecule has 0 amide bonds. The number of fused-ring (bicyclic) bond motifs is 12. The Kier molecular flexibility index (Phi) is 8.23. The second-order valence-corrected chi connectivity index (χ2v) is 17.9. The molecule has 0 spiro atoms. The molecular weight excluding hydrogens is 861 g/mol. The minimum atomic E-state index is 0.495. The molecule has 0 fully saturated rings. The molecule has 0 aliphatic rings. The molecule has 10 aromatic carbocycles. The van der Waals surface area contributed by atoms with Crippen molar-refractivity contribution in [3.63, 3.8) is 0 Å². The first-order valence-electron chi connectivity index (χ1n) is 23.4. The molecule has 5 heterocycles. The molecule has 0 atom stereocenters. The Morgan fingerprint density at radius 2 is 0.757 bits per heavy atom. The van der Waals surface area contributed by atoms with Crippen molar-refractivity contribution in [3.8, 4) is 62.1 Å². The fourth-order valence-electron chi connectivity index (χ4n) is 10.7. The summed E-state index contributed by atoms with van der Waals surface area (Å²) in [5.41, 5.74) is 14.9. The lowest BCUT2D eigenvalue weighted by Crippen LogP contribution is -2.01. The molecule has 0 N–H and O–H groups in total. The van der Waals surface area contributed by atoms with Crippen LogP contribution in [0.25, 0.3) is 150 Å². The molecule has 0 radical (unpaired) electrons. The zero-order valence-electron chi connectivity index (χ0n) is 37.3. The number of nitrogens with zero attached hydrogens (tertiary/aromatic N) is 4. The Morgan fingerprint density at radius 3 is 1.39 bits per heavy atom. The van der Waals surface area contributed by atoms with E-state index in [-0.39, 0.29) is 0 Å². The molecule has 7 heteroatoms. The topological polar surface area (TPSA) is 83.0 Å². The van der Waals surface area contributed by atoms with Crippen molar-refractivity contribution in [2.45, 2.75) is 0 Å². The van der Waals surface area contributed by atoms with Gasteiger partial charge in [-0.15, -0.1) is 0 Å². The fraction of sp³-hybridized carbons (Fsp3) is 0. The van der Waals surface area contributed by atoms with Gasteiger partial charge in [0.05, 0.1) is 16.6 Å². The molecule has 0 bridgehead atoms. The number of para-hydroxylation sites is 3. The summed E-state index contributed by atoms with van der Waals surface area (Å²) in [4.78, 5) is 16.0. The molecule has 0 aliphatic carbocycles. The summed E-state index contributed by atoms with van der Waals surface area (Å²) in [7, 11) is 0. The SMILES string of the molecule is c1ccc(-c2ccc3c(c2)c2cc(-c4ccccc4)ccc2n3-c2ccc3oc4cccc(-c5nc(-c6cccc7c6oc6ccccc67)nc(-c6cccc7oc8ccccc8c67)n5)c4c3c2)cc1. The van der Waals surface area contributed by atoms with Crippen molar-refractivity contribution < 1.29 is 13.3 Å². The van der Waals surface area contributed by atoms with Gasteiger partial charge in [0.1, 0.15) is 33.5 Å². The van der Waals surface area contributed by atoms with E-state index in [4.69, 9.17) is 28.2 Å². The number of furan rings is 3. The lowest BCUT2D eigenvalue weighted by atomic mass is 10.0. The van der Waals surface area contributed by atoms with Crippen LogP contribution in [0, 0.1) is 0 Å². The maximum atomic E-state index is 6.70. The van der Waals surface area contributed by atoms with Crippen LogP contribution in [0.15, 0.2) is 232 Å². The number of aromatic nitrogens is 4. The molecule has 70 heavy (non-hydrogen) atoms. The van der Waals surface area contributed by atoms with Gasteiger partial charge in [-0.05, 0) is 95.1 Å². The molecule has 15 aromatic rings. The molecule has 7 nitrogen and oxygen atoms in total. The summed E-state index contributed by atoms with van der Waals surface area (Å²) in [6.45, 7) is 0. The maximum absolute atomic E-state index is 6.70. The molecule has 0 saturated carbocycles. The van der Waals surface area contributed by atoms with Gasteiger partial charge in [-0.25, -0.2) is 15.0 Å². The predicted octanol–water partition coefficient (Wildman–Crippen LogP) is 17.0. The monoisotopic (exact) mass is 896 g/mol. The van der Waals surface area contributed by atoms with Gasteiger partial charge in [-0.3, -0.25) is 0 Å². The van der Waals surface area contributed by atoms with E-state index in [0.717, 1.165) is 93.6 Å². The first-order valence-corrected chi connectivity index (χ1v) is 23.4. The summed E-state index contributed by atoms with van der Waals surface area (Å²) in [6, 6.07) is 75.8. The zero-order valence-corrected chi connectivity index (χ0v) is 37.3. The molecular formula is C63H36N4O3. The van der Waals surface area contributed by atoms with Gasteiger partial charge in [0.25, 0.3) is 0 Å². The molecule has 0 saturated heterocycles. The van der Waals surface area contributed by atoms with Crippen molar-refractivity contribution in [2.24, 2.45) is 0 Å². The average Bonchev–Trinajstić information content (AvgIpc) is 4.20. The van der Waals surface area contributed by atoms with Crippen molar-refractivity contribution in [3.05, 3.63) is 218 Å². The smallest absolute Gasteiger partial charge is 0.167 e. The standard InChI is InChI=1S/C63H36N4O3/c1-3-14-37(15-4-1)39-28-31-51-48(34-39)49-35-40(38-16-5-2-6-17-38)29-32-52(49)67(51)41-30-33-55-50(36-41)59-46(22-13-27-57(59)69-55)62-64-61(45-21-12-26-56-58(45)44-19-8-10-25-54(44)68-56)65-63(66-62)47-23-11-20-43-42-18-7-9-24-53(42)70-60(43)47/h1-36H. The Balaban J connectivity index is 0.970. The van der Waals surface area contributed by atoms with Crippen LogP contribution in [-0.4, -0.2) is 19.5 Å². The number of hydrogen-bond acceptors (Lipinski definition) is 6. The highest BCUT2D eigenvalue weighted by Gasteiger charge is 2.23. The van der Waals surface area contributed by atoms with Crippen LogP contribution in [0.3, 0.4) is 0 Å². The van der Waals surface area contributed by atoms with Gasteiger partial charge in [0.15, 0.2) is 17.5 Å². The van der Waals surface area contributed by atoms with Gasteiger partial charge in [-0.2, -0.15) is 0 Å². The average molecular weight is 897 g/mol. The van der Waals surface area contributed by atoms with Gasteiger partial charge in [-0.1, -0.05) is 146 Å². The normalized spacial score (nSPS) is 12.0. The predicted molar refractivity (Wildman–Crippen MR) is 283 cm³/mol. The first kappa shape index (κ1) is 38.5. The van der Waals surface area contributed by atoms with E-state index in [1.165, 1.54) is 33.0 Å². The quantitative estimate of drug-likeness (QED) is 0.165. The van der Waals surface area contributed by atoms with E-state index in [2.05, 4.69) is 150 Å². The Bertz CT molecular complexity index is 4500. The molecule has 15 rings (SSSR count). The number of rotatable bonds is 6. The van der Waals surface area contributed by atoms with E-state index >= 15 is 0 Å². The minimum Gasteiger partial charge on any atom is -0.456 e. The van der Waals surface area contributed by atoms with E-state index < -0.39 is 0 Å². The van der Waals surface area contributed by atoms with Crippen molar-refractivity contribution in [1.29, 1.82) is 0 Å². The van der Waals surface area contributed by atoms with Crippen molar-refractivity contribution in [2.75, 3.05) is 0 Å². The lowest BCUT2D eigenvalue weighted by Gasteiger charge is -2.11. The van der Waals surface area contributed by atoms with Crippen molar-refractivity contribution in [1.82, 2.24) is 19.5 Å². The van der Waals surface area contributed by atoms with Gasteiger partial charge >= 0.3 is 0 Å². The van der Waals surface area contributed by atoms with Crippen molar-refractivity contribution >= 4 is 87.6 Å². The lowest BCUT2D eigenvalue weighted by molar-refractivity contribution is 0.668. The summed E-state index contributed by atoms with van der Waals surface area (Å²) >= 11 is 0. The number of benzene rings is 10. The van der Waals surface area contributed by atoms with Crippen LogP contribution in [0.1, 0.15) is 0 Å². The first-order chi connectivity index (χ1) is 34.7. The number of hydrogen-bond donors (Lipinski definition) is 0. The Hall–Kier alpha value is -9.59. The van der Waals surface area contributed by atoms with E-state index in [1.54, 1.807) is 0 Å². The molecule has 5 aromatic heterocycles. The largest absolute Gasteiger partial charge is 0.456 e. The van der Waals surface area contributed by atoms with Crippen LogP contribution in [0.4, 0.5) is 0 Å². The van der Waals surface area contributed by atoms with Gasteiger partial charge in [0.2, 0.25) is 0 Å². The van der Waals surface area contributed by atoms with Crippen LogP contribution in [-0.2, 0) is 0 Å². The minimum absolute atomic E-state index is 0.495. The Morgan fingerprint density at radius 1 is 0.286 bits per heavy atom. The molecule has 0 unspecified atom stereocenters. The van der Waals surface area contributed by atoms with Crippen LogP contribution in [0.5, 0.6) is 0 Å². The second-order valence-electron chi connectivity index (χ2n) is 17.9. The van der Waals surface area contributed by atoms with Gasteiger partial charge in [0, 0.05) is 59.9 Å². The van der Waals surface area contributed by atoms with Crippen LogP contribution in [0.2, 0.25) is 0 Å². The maximum Gasteiger partial charge on any atom is 0.167 e. The highest BCUT2D eigenvalue weighted by molar-refractivity contribution is 6.16.